The zero-order valence-electron chi connectivity index (χ0n) is 17.6. The molecule has 1 aliphatic rings. The molecule has 0 atom stereocenters. The Morgan fingerprint density at radius 3 is 2.27 bits per heavy atom. The summed E-state index contributed by atoms with van der Waals surface area (Å²) in [6.45, 7) is -0.281. The van der Waals surface area contributed by atoms with Gasteiger partial charge in [0.05, 0.1) is 10.5 Å². The van der Waals surface area contributed by atoms with Crippen molar-refractivity contribution in [2.24, 2.45) is 5.92 Å². The second-order valence-corrected chi connectivity index (χ2v) is 9.49. The smallest absolute Gasteiger partial charge is 0.351 e. The molecule has 0 unspecified atom stereocenters. The average molecular weight is 484 g/mol. The molecule has 0 aromatic heterocycles. The average Bonchev–Trinajstić information content (AvgIpc) is 3.32. The van der Waals surface area contributed by atoms with Gasteiger partial charge in [-0.05, 0) is 55.3 Å². The van der Waals surface area contributed by atoms with E-state index in [1.807, 2.05) is 0 Å². The van der Waals surface area contributed by atoms with Crippen molar-refractivity contribution in [1.29, 1.82) is 0 Å². The minimum absolute atomic E-state index is 0.0210. The molecule has 1 fully saturated rings. The summed E-state index contributed by atoms with van der Waals surface area (Å²) in [5.74, 6) is -0.465. The lowest BCUT2D eigenvalue weighted by molar-refractivity contribution is -0.137. The standard InChI is InChI=1S/C22H24F3N3O4S/c23-22(24,25)17-6-3-7-19(14-17)33(31,32)27-13-12-26-20(29)16-8-10-18(11-9-16)28-21(30)15-4-1-2-5-15/h3,6-11,14-15,27H,1-2,4-5,12-13H2,(H,26,29)(H,28,30). The molecule has 33 heavy (non-hydrogen) atoms. The van der Waals surface area contributed by atoms with Crippen LogP contribution in [0.2, 0.25) is 0 Å². The first-order chi connectivity index (χ1) is 15.6. The zero-order valence-corrected chi connectivity index (χ0v) is 18.4. The first-order valence-electron chi connectivity index (χ1n) is 10.4. The number of hydrogen-bond acceptors (Lipinski definition) is 4. The molecule has 0 radical (unpaired) electrons. The van der Waals surface area contributed by atoms with Crippen LogP contribution in [0.5, 0.6) is 0 Å². The minimum atomic E-state index is -4.66. The van der Waals surface area contributed by atoms with Crippen molar-refractivity contribution in [2.45, 2.75) is 36.8 Å². The molecule has 0 spiro atoms. The van der Waals surface area contributed by atoms with Crippen LogP contribution in [0.15, 0.2) is 53.4 Å². The summed E-state index contributed by atoms with van der Waals surface area (Å²) in [4.78, 5) is 23.9. The normalized spacial score (nSPS) is 14.8. The van der Waals surface area contributed by atoms with Crippen LogP contribution in [-0.4, -0.2) is 33.3 Å². The Hall–Kier alpha value is -2.92. The van der Waals surface area contributed by atoms with E-state index in [1.54, 1.807) is 12.1 Å². The number of amides is 2. The van der Waals surface area contributed by atoms with Crippen LogP contribution in [0, 0.1) is 5.92 Å². The van der Waals surface area contributed by atoms with Crippen LogP contribution in [0.4, 0.5) is 18.9 Å². The summed E-state index contributed by atoms with van der Waals surface area (Å²) < 4.78 is 65.0. The third-order valence-corrected chi connectivity index (χ3v) is 6.77. The maximum absolute atomic E-state index is 12.8. The fourth-order valence-corrected chi connectivity index (χ4v) is 4.60. The topological polar surface area (TPSA) is 104 Å². The highest BCUT2D eigenvalue weighted by atomic mass is 32.2. The molecule has 0 heterocycles. The van der Waals surface area contributed by atoms with Gasteiger partial charge in [-0.25, -0.2) is 13.1 Å². The highest BCUT2D eigenvalue weighted by Crippen LogP contribution is 2.30. The molecule has 178 valence electrons. The Balaban J connectivity index is 1.47. The van der Waals surface area contributed by atoms with Gasteiger partial charge in [0.15, 0.2) is 0 Å². The third-order valence-electron chi connectivity index (χ3n) is 5.31. The highest BCUT2D eigenvalue weighted by molar-refractivity contribution is 7.89. The van der Waals surface area contributed by atoms with E-state index in [0.29, 0.717) is 17.3 Å². The number of nitrogens with one attached hydrogen (secondary N) is 3. The van der Waals surface area contributed by atoms with E-state index in [2.05, 4.69) is 15.4 Å². The van der Waals surface area contributed by atoms with Crippen LogP contribution in [-0.2, 0) is 21.0 Å². The Morgan fingerprint density at radius 2 is 1.64 bits per heavy atom. The number of alkyl halides is 3. The quantitative estimate of drug-likeness (QED) is 0.500. The van der Waals surface area contributed by atoms with Gasteiger partial charge in [0.25, 0.3) is 5.91 Å². The van der Waals surface area contributed by atoms with Crippen molar-refractivity contribution >= 4 is 27.5 Å². The van der Waals surface area contributed by atoms with Gasteiger partial charge in [0.2, 0.25) is 15.9 Å². The van der Waals surface area contributed by atoms with Gasteiger partial charge < -0.3 is 10.6 Å². The summed E-state index contributed by atoms with van der Waals surface area (Å²) in [5.41, 5.74) is -0.173. The monoisotopic (exact) mass is 483 g/mol. The number of carbonyl (C=O) groups excluding carboxylic acids is 2. The molecule has 11 heteroatoms. The van der Waals surface area contributed by atoms with Gasteiger partial charge >= 0.3 is 6.18 Å². The molecule has 0 bridgehead atoms. The first kappa shape index (κ1) is 24.7. The predicted octanol–water partition coefficient (Wildman–Crippen LogP) is 3.54. The van der Waals surface area contributed by atoms with Crippen LogP contribution in [0.1, 0.15) is 41.6 Å². The van der Waals surface area contributed by atoms with Crippen molar-refractivity contribution in [3.63, 3.8) is 0 Å². The number of sulfonamides is 1. The third kappa shape index (κ3) is 6.78. The Bertz CT molecular complexity index is 1100. The van der Waals surface area contributed by atoms with E-state index in [9.17, 15) is 31.2 Å². The lowest BCUT2D eigenvalue weighted by atomic mass is 10.1. The van der Waals surface area contributed by atoms with E-state index in [1.165, 1.54) is 12.1 Å². The second kappa shape index (κ2) is 10.3. The van der Waals surface area contributed by atoms with E-state index in [0.717, 1.165) is 43.9 Å². The van der Waals surface area contributed by atoms with Gasteiger partial charge in [0, 0.05) is 30.3 Å². The fourth-order valence-electron chi connectivity index (χ4n) is 3.52. The van der Waals surface area contributed by atoms with Crippen molar-refractivity contribution in [1.82, 2.24) is 10.0 Å². The number of rotatable bonds is 8. The molecular weight excluding hydrogens is 459 g/mol. The number of carbonyl (C=O) groups is 2. The van der Waals surface area contributed by atoms with Crippen LogP contribution >= 0.6 is 0 Å². The zero-order chi connectivity index (χ0) is 24.1. The Kier molecular flexibility index (Phi) is 7.75. The number of halogens is 3. The summed E-state index contributed by atoms with van der Waals surface area (Å²) in [6.07, 6.45) is -0.803. The molecule has 2 aromatic rings. The summed E-state index contributed by atoms with van der Waals surface area (Å²) in [7, 11) is -4.17. The van der Waals surface area contributed by atoms with Gasteiger partial charge in [-0.1, -0.05) is 18.9 Å². The van der Waals surface area contributed by atoms with Crippen molar-refractivity contribution in [3.8, 4) is 0 Å². The molecule has 2 aromatic carbocycles. The fraction of sp³-hybridized carbons (Fsp3) is 0.364. The Morgan fingerprint density at radius 1 is 0.970 bits per heavy atom. The second-order valence-electron chi connectivity index (χ2n) is 7.73. The maximum Gasteiger partial charge on any atom is 0.416 e. The molecule has 0 aliphatic heterocycles. The summed E-state index contributed by atoms with van der Waals surface area (Å²) in [6, 6.07) is 9.69. The molecule has 1 aliphatic carbocycles. The molecule has 3 N–H and O–H groups in total. The van der Waals surface area contributed by atoms with Crippen LogP contribution in [0.3, 0.4) is 0 Å². The van der Waals surface area contributed by atoms with Gasteiger partial charge in [-0.15, -0.1) is 0 Å². The van der Waals surface area contributed by atoms with Crippen LogP contribution in [0.25, 0.3) is 0 Å². The first-order valence-corrected chi connectivity index (χ1v) is 11.9. The molecule has 1 saturated carbocycles. The van der Waals surface area contributed by atoms with E-state index in [4.69, 9.17) is 0 Å². The predicted molar refractivity (Wildman–Crippen MR) is 116 cm³/mol. The number of benzene rings is 2. The van der Waals surface area contributed by atoms with Crippen molar-refractivity contribution in [2.75, 3.05) is 18.4 Å². The molecule has 2 amide bonds. The number of hydrogen-bond donors (Lipinski definition) is 3. The maximum atomic E-state index is 12.8. The summed E-state index contributed by atoms with van der Waals surface area (Å²) >= 11 is 0. The van der Waals surface area contributed by atoms with Crippen molar-refractivity contribution < 1.29 is 31.2 Å². The van der Waals surface area contributed by atoms with Gasteiger partial charge in [-0.3, -0.25) is 9.59 Å². The lowest BCUT2D eigenvalue weighted by Crippen LogP contribution is -2.34. The lowest BCUT2D eigenvalue weighted by Gasteiger charge is -2.12. The minimum Gasteiger partial charge on any atom is -0.351 e. The molecule has 3 rings (SSSR count). The molecule has 7 nitrogen and oxygen atoms in total. The van der Waals surface area contributed by atoms with E-state index >= 15 is 0 Å². The van der Waals surface area contributed by atoms with E-state index < -0.39 is 32.6 Å². The van der Waals surface area contributed by atoms with E-state index in [-0.39, 0.29) is 24.9 Å². The van der Waals surface area contributed by atoms with Gasteiger partial charge in [0.1, 0.15) is 0 Å². The molecule has 0 saturated heterocycles. The molecular formula is C22H24F3N3O4S. The largest absolute Gasteiger partial charge is 0.416 e. The number of anilines is 1. The highest BCUT2D eigenvalue weighted by Gasteiger charge is 2.31. The van der Waals surface area contributed by atoms with Crippen molar-refractivity contribution in [3.05, 3.63) is 59.7 Å². The Labute approximate surface area is 189 Å². The van der Waals surface area contributed by atoms with Gasteiger partial charge in [-0.2, -0.15) is 13.2 Å². The SMILES string of the molecule is O=C(NCCNS(=O)(=O)c1cccc(C(F)(F)F)c1)c1ccc(NC(=O)C2CCCC2)cc1. The summed E-state index contributed by atoms with van der Waals surface area (Å²) in [5, 5.41) is 5.36. The van der Waals surface area contributed by atoms with Crippen LogP contribution < -0.4 is 15.4 Å².